The van der Waals surface area contributed by atoms with Gasteiger partial charge >= 0.3 is 0 Å². The van der Waals surface area contributed by atoms with Crippen molar-refractivity contribution in [2.75, 3.05) is 6.54 Å². The van der Waals surface area contributed by atoms with Gasteiger partial charge in [0.1, 0.15) is 0 Å². The number of nitrogens with one attached hydrogen (secondary N) is 1. The SMILES string of the molecule is CC(C)C(NCC1CCC(C)(C)O1)C(N)=O. The molecule has 1 fully saturated rings. The van der Waals surface area contributed by atoms with Crippen molar-refractivity contribution in [2.45, 2.75) is 58.3 Å². The summed E-state index contributed by atoms with van der Waals surface area (Å²) in [6.45, 7) is 8.88. The van der Waals surface area contributed by atoms with Crippen molar-refractivity contribution in [2.24, 2.45) is 11.7 Å². The predicted octanol–water partition coefficient (Wildman–Crippen LogP) is 1.04. The predicted molar refractivity (Wildman–Crippen MR) is 64.0 cm³/mol. The van der Waals surface area contributed by atoms with Crippen molar-refractivity contribution in [1.82, 2.24) is 5.32 Å². The molecule has 1 heterocycles. The molecule has 0 aliphatic carbocycles. The molecule has 3 N–H and O–H groups in total. The summed E-state index contributed by atoms with van der Waals surface area (Å²) in [4.78, 5) is 11.2. The second-order valence-corrected chi connectivity index (χ2v) is 5.57. The second-order valence-electron chi connectivity index (χ2n) is 5.57. The first kappa shape index (κ1) is 13.5. The normalized spacial score (nSPS) is 25.9. The molecule has 2 atom stereocenters. The molecule has 1 saturated heterocycles. The Morgan fingerprint density at radius 2 is 2.19 bits per heavy atom. The van der Waals surface area contributed by atoms with Gasteiger partial charge in [0.05, 0.1) is 17.7 Å². The summed E-state index contributed by atoms with van der Waals surface area (Å²) in [5.74, 6) is -0.0702. The van der Waals surface area contributed by atoms with Crippen LogP contribution in [0.25, 0.3) is 0 Å². The number of nitrogens with two attached hydrogens (primary N) is 1. The Kier molecular flexibility index (Phi) is 4.33. The van der Waals surface area contributed by atoms with E-state index >= 15 is 0 Å². The number of ether oxygens (including phenoxy) is 1. The molecule has 2 unspecified atom stereocenters. The summed E-state index contributed by atoms with van der Waals surface area (Å²) < 4.78 is 5.84. The highest BCUT2D eigenvalue weighted by atomic mass is 16.5. The fourth-order valence-corrected chi connectivity index (χ4v) is 2.14. The van der Waals surface area contributed by atoms with Crippen LogP contribution < -0.4 is 11.1 Å². The summed E-state index contributed by atoms with van der Waals surface area (Å²) in [5, 5.41) is 3.20. The van der Waals surface area contributed by atoms with E-state index in [0.717, 1.165) is 12.8 Å². The van der Waals surface area contributed by atoms with Gasteiger partial charge in [-0.3, -0.25) is 4.79 Å². The Balaban J connectivity index is 2.36. The molecule has 4 heteroatoms. The zero-order valence-electron chi connectivity index (χ0n) is 10.7. The number of carbonyl (C=O) groups excluding carboxylic acids is 1. The molecule has 0 saturated carbocycles. The van der Waals surface area contributed by atoms with Crippen LogP contribution in [0.5, 0.6) is 0 Å². The van der Waals surface area contributed by atoms with E-state index in [4.69, 9.17) is 10.5 Å². The highest BCUT2D eigenvalue weighted by Crippen LogP contribution is 2.28. The molecular formula is C12H24N2O2. The fourth-order valence-electron chi connectivity index (χ4n) is 2.14. The van der Waals surface area contributed by atoms with Crippen molar-refractivity contribution in [3.8, 4) is 0 Å². The molecule has 1 amide bonds. The van der Waals surface area contributed by atoms with Crippen molar-refractivity contribution < 1.29 is 9.53 Å². The molecule has 94 valence electrons. The lowest BCUT2D eigenvalue weighted by molar-refractivity contribution is -0.121. The van der Waals surface area contributed by atoms with Crippen molar-refractivity contribution in [3.05, 3.63) is 0 Å². The first-order valence-corrected chi connectivity index (χ1v) is 6.02. The highest BCUT2D eigenvalue weighted by molar-refractivity contribution is 5.80. The third kappa shape index (κ3) is 3.76. The maximum Gasteiger partial charge on any atom is 0.234 e. The third-order valence-electron chi connectivity index (χ3n) is 3.09. The summed E-state index contributed by atoms with van der Waals surface area (Å²) in [7, 11) is 0. The van der Waals surface area contributed by atoms with Crippen LogP contribution >= 0.6 is 0 Å². The van der Waals surface area contributed by atoms with Crippen LogP contribution in [0.4, 0.5) is 0 Å². The minimum Gasteiger partial charge on any atom is -0.371 e. The smallest absolute Gasteiger partial charge is 0.234 e. The van der Waals surface area contributed by atoms with Gasteiger partial charge in [-0.05, 0) is 32.6 Å². The van der Waals surface area contributed by atoms with E-state index in [1.54, 1.807) is 0 Å². The zero-order valence-corrected chi connectivity index (χ0v) is 10.7. The van der Waals surface area contributed by atoms with E-state index < -0.39 is 0 Å². The van der Waals surface area contributed by atoms with Gasteiger partial charge in [-0.15, -0.1) is 0 Å². The maximum atomic E-state index is 11.2. The first-order valence-electron chi connectivity index (χ1n) is 6.02. The fraction of sp³-hybridized carbons (Fsp3) is 0.917. The Labute approximate surface area is 97.9 Å². The molecule has 4 nitrogen and oxygen atoms in total. The molecule has 16 heavy (non-hydrogen) atoms. The molecular weight excluding hydrogens is 204 g/mol. The van der Waals surface area contributed by atoms with Crippen LogP contribution in [0.15, 0.2) is 0 Å². The number of carbonyl (C=O) groups is 1. The average molecular weight is 228 g/mol. The van der Waals surface area contributed by atoms with Crippen LogP contribution in [0.3, 0.4) is 0 Å². The van der Waals surface area contributed by atoms with Gasteiger partial charge in [0, 0.05) is 6.54 Å². The lowest BCUT2D eigenvalue weighted by atomic mass is 10.0. The standard InChI is InChI=1S/C12H24N2O2/c1-8(2)10(11(13)15)14-7-9-5-6-12(3,4)16-9/h8-10,14H,5-7H2,1-4H3,(H2,13,15). The van der Waals surface area contributed by atoms with Gasteiger partial charge in [0.2, 0.25) is 5.91 Å². The van der Waals surface area contributed by atoms with Crippen LogP contribution in [0.2, 0.25) is 0 Å². The largest absolute Gasteiger partial charge is 0.371 e. The summed E-state index contributed by atoms with van der Waals surface area (Å²) in [6, 6.07) is -0.257. The van der Waals surface area contributed by atoms with E-state index in [1.807, 2.05) is 13.8 Å². The van der Waals surface area contributed by atoms with Gasteiger partial charge in [-0.25, -0.2) is 0 Å². The Morgan fingerprint density at radius 1 is 1.56 bits per heavy atom. The maximum absolute atomic E-state index is 11.2. The van der Waals surface area contributed by atoms with E-state index in [1.165, 1.54) is 0 Å². The Morgan fingerprint density at radius 3 is 2.56 bits per heavy atom. The van der Waals surface area contributed by atoms with Gasteiger partial charge in [-0.1, -0.05) is 13.8 Å². The molecule has 0 aromatic rings. The van der Waals surface area contributed by atoms with Crippen LogP contribution in [-0.2, 0) is 9.53 Å². The van der Waals surface area contributed by atoms with Crippen LogP contribution in [0, 0.1) is 5.92 Å². The number of primary amides is 1. The summed E-state index contributed by atoms with van der Waals surface area (Å²) in [6.07, 6.45) is 2.32. The number of rotatable bonds is 5. The monoisotopic (exact) mass is 228 g/mol. The van der Waals surface area contributed by atoms with Crippen molar-refractivity contribution >= 4 is 5.91 Å². The lowest BCUT2D eigenvalue weighted by Gasteiger charge is -2.23. The Bertz CT molecular complexity index is 251. The molecule has 0 radical (unpaired) electrons. The summed E-state index contributed by atoms with van der Waals surface area (Å²) in [5.41, 5.74) is 5.31. The molecule has 1 aliphatic heterocycles. The minimum atomic E-state index is -0.285. The Hall–Kier alpha value is -0.610. The quantitative estimate of drug-likeness (QED) is 0.739. The van der Waals surface area contributed by atoms with Gasteiger partial charge in [-0.2, -0.15) is 0 Å². The van der Waals surface area contributed by atoms with E-state index in [-0.39, 0.29) is 29.6 Å². The van der Waals surface area contributed by atoms with Gasteiger partial charge in [0.25, 0.3) is 0 Å². The van der Waals surface area contributed by atoms with Crippen molar-refractivity contribution in [1.29, 1.82) is 0 Å². The number of hydrogen-bond acceptors (Lipinski definition) is 3. The minimum absolute atomic E-state index is 0.0214. The highest BCUT2D eigenvalue weighted by Gasteiger charge is 2.32. The van der Waals surface area contributed by atoms with E-state index in [0.29, 0.717) is 6.54 Å². The number of amides is 1. The second kappa shape index (κ2) is 5.15. The average Bonchev–Trinajstić information content (AvgIpc) is 2.44. The van der Waals surface area contributed by atoms with E-state index in [2.05, 4.69) is 19.2 Å². The third-order valence-corrected chi connectivity index (χ3v) is 3.09. The molecule has 1 aliphatic rings. The number of hydrogen-bond donors (Lipinski definition) is 2. The molecule has 0 aromatic heterocycles. The zero-order chi connectivity index (χ0) is 12.3. The lowest BCUT2D eigenvalue weighted by Crippen LogP contribution is -2.47. The van der Waals surface area contributed by atoms with E-state index in [9.17, 15) is 4.79 Å². The van der Waals surface area contributed by atoms with Gasteiger partial charge < -0.3 is 15.8 Å². The molecule has 0 aromatic carbocycles. The van der Waals surface area contributed by atoms with Crippen LogP contribution in [-0.4, -0.2) is 30.2 Å². The van der Waals surface area contributed by atoms with Gasteiger partial charge in [0.15, 0.2) is 0 Å². The van der Waals surface area contributed by atoms with Crippen LogP contribution in [0.1, 0.15) is 40.5 Å². The molecule has 0 bridgehead atoms. The first-order chi connectivity index (χ1) is 7.32. The molecule has 1 rings (SSSR count). The summed E-state index contributed by atoms with van der Waals surface area (Å²) >= 11 is 0. The molecule has 0 spiro atoms. The van der Waals surface area contributed by atoms with Crippen molar-refractivity contribution in [3.63, 3.8) is 0 Å². The topological polar surface area (TPSA) is 64.3 Å².